The molecular weight excluding hydrogens is 289 g/mol. The number of aliphatic imine (C=N–C) groups is 1. The fourth-order valence-corrected chi connectivity index (χ4v) is 3.39. The van der Waals surface area contributed by atoms with E-state index in [1.54, 1.807) is 13.2 Å². The molecule has 0 radical (unpaired) electrons. The van der Waals surface area contributed by atoms with Crippen LogP contribution >= 0.6 is 11.8 Å². The predicted molar refractivity (Wildman–Crippen MR) is 82.2 cm³/mol. The number of halogens is 1. The van der Waals surface area contributed by atoms with Gasteiger partial charge in [-0.05, 0) is 35.9 Å². The number of fused-ring (bicyclic) bond motifs is 1. The van der Waals surface area contributed by atoms with Crippen molar-refractivity contribution in [2.45, 2.75) is 16.2 Å². The van der Waals surface area contributed by atoms with Crippen LogP contribution in [0.3, 0.4) is 0 Å². The molecule has 0 fully saturated rings. The van der Waals surface area contributed by atoms with Gasteiger partial charge in [-0.25, -0.2) is 4.39 Å². The van der Waals surface area contributed by atoms with Crippen molar-refractivity contribution in [1.82, 2.24) is 0 Å². The van der Waals surface area contributed by atoms with Gasteiger partial charge in [0.2, 0.25) is 0 Å². The first-order chi connectivity index (χ1) is 10.2. The number of aliphatic hydroxyl groups is 1. The molecule has 2 aromatic rings. The van der Waals surface area contributed by atoms with Crippen LogP contribution in [0.5, 0.6) is 5.75 Å². The van der Waals surface area contributed by atoms with Crippen LogP contribution in [-0.2, 0) is 0 Å². The van der Waals surface area contributed by atoms with E-state index in [0.29, 0.717) is 5.69 Å². The summed E-state index contributed by atoms with van der Waals surface area (Å²) in [7, 11) is 1.61. The second-order valence-corrected chi connectivity index (χ2v) is 5.88. The first-order valence-corrected chi connectivity index (χ1v) is 7.38. The minimum absolute atomic E-state index is 0.234. The van der Waals surface area contributed by atoms with Gasteiger partial charge in [0.05, 0.1) is 18.0 Å². The van der Waals surface area contributed by atoms with Crippen molar-refractivity contribution < 1.29 is 14.2 Å². The van der Waals surface area contributed by atoms with Gasteiger partial charge < -0.3 is 9.84 Å². The highest BCUT2D eigenvalue weighted by Crippen LogP contribution is 2.44. The zero-order chi connectivity index (χ0) is 14.8. The fraction of sp³-hybridized carbons (Fsp3) is 0.188. The smallest absolute Gasteiger partial charge is 0.124 e. The van der Waals surface area contributed by atoms with Crippen molar-refractivity contribution >= 4 is 23.7 Å². The van der Waals surface area contributed by atoms with Crippen LogP contribution in [0.1, 0.15) is 10.8 Å². The molecule has 0 spiro atoms. The zero-order valence-electron chi connectivity index (χ0n) is 11.4. The topological polar surface area (TPSA) is 41.8 Å². The summed E-state index contributed by atoms with van der Waals surface area (Å²) in [5.41, 5.74) is 1.62. The van der Waals surface area contributed by atoms with Gasteiger partial charge in [-0.1, -0.05) is 12.1 Å². The number of thioether (sulfide) groups is 1. The van der Waals surface area contributed by atoms with Gasteiger partial charge in [-0.15, -0.1) is 11.8 Å². The molecule has 3 nitrogen and oxygen atoms in total. The highest BCUT2D eigenvalue weighted by Gasteiger charge is 2.25. The van der Waals surface area contributed by atoms with Gasteiger partial charge in [0.1, 0.15) is 17.7 Å². The highest BCUT2D eigenvalue weighted by atomic mass is 32.2. The average Bonchev–Trinajstić information content (AvgIpc) is 2.67. The molecule has 108 valence electrons. The monoisotopic (exact) mass is 303 g/mol. The maximum absolute atomic E-state index is 13.4. The summed E-state index contributed by atoms with van der Waals surface area (Å²) in [6.07, 6.45) is 0.768. The van der Waals surface area contributed by atoms with Crippen LogP contribution in [0.4, 0.5) is 10.1 Å². The maximum Gasteiger partial charge on any atom is 0.124 e. The van der Waals surface area contributed by atoms with E-state index >= 15 is 0 Å². The zero-order valence-corrected chi connectivity index (χ0v) is 12.2. The number of hydrogen-bond acceptors (Lipinski definition) is 4. The van der Waals surface area contributed by atoms with E-state index in [0.717, 1.165) is 16.2 Å². The molecule has 21 heavy (non-hydrogen) atoms. The van der Waals surface area contributed by atoms with Crippen molar-refractivity contribution in [2.24, 2.45) is 4.99 Å². The largest absolute Gasteiger partial charge is 0.497 e. The van der Waals surface area contributed by atoms with E-state index in [2.05, 4.69) is 4.99 Å². The van der Waals surface area contributed by atoms with Crippen molar-refractivity contribution in [3.63, 3.8) is 0 Å². The summed E-state index contributed by atoms with van der Waals surface area (Å²) < 4.78 is 18.5. The van der Waals surface area contributed by atoms with Crippen molar-refractivity contribution in [2.75, 3.05) is 7.11 Å². The number of aliphatic hydroxyl groups excluding tert-OH is 1. The summed E-state index contributed by atoms with van der Waals surface area (Å²) in [5, 5.41) is 10.0. The molecule has 0 aromatic heterocycles. The SMILES string of the molecule is COc1ccc(C2Sc3cc(F)ccc3N=CC2O)cc1. The van der Waals surface area contributed by atoms with E-state index in [-0.39, 0.29) is 11.1 Å². The van der Waals surface area contributed by atoms with Gasteiger partial charge >= 0.3 is 0 Å². The van der Waals surface area contributed by atoms with E-state index in [4.69, 9.17) is 4.74 Å². The number of hydrogen-bond donors (Lipinski definition) is 1. The molecule has 0 saturated heterocycles. The lowest BCUT2D eigenvalue weighted by Gasteiger charge is -2.19. The highest BCUT2D eigenvalue weighted by molar-refractivity contribution is 7.99. The molecule has 0 bridgehead atoms. The first-order valence-electron chi connectivity index (χ1n) is 6.50. The van der Waals surface area contributed by atoms with Crippen LogP contribution in [0, 0.1) is 5.82 Å². The van der Waals surface area contributed by atoms with Gasteiger partial charge in [0.25, 0.3) is 0 Å². The second-order valence-electron chi connectivity index (χ2n) is 4.69. The molecule has 0 aliphatic carbocycles. The van der Waals surface area contributed by atoms with E-state index in [9.17, 15) is 9.50 Å². The number of benzene rings is 2. The number of rotatable bonds is 2. The molecular formula is C16H14FNO2S. The summed E-state index contributed by atoms with van der Waals surface area (Å²) in [4.78, 5) is 4.96. The Hall–Kier alpha value is -1.85. The van der Waals surface area contributed by atoms with Crippen LogP contribution in [-0.4, -0.2) is 24.5 Å². The maximum atomic E-state index is 13.4. The van der Waals surface area contributed by atoms with Crippen LogP contribution < -0.4 is 4.74 Å². The quantitative estimate of drug-likeness (QED) is 0.919. The third-order valence-electron chi connectivity index (χ3n) is 3.30. The van der Waals surface area contributed by atoms with E-state index in [1.807, 2.05) is 24.3 Å². The third kappa shape index (κ3) is 2.94. The van der Waals surface area contributed by atoms with Gasteiger partial charge in [0, 0.05) is 11.1 Å². The lowest BCUT2D eigenvalue weighted by atomic mass is 10.1. The van der Waals surface area contributed by atoms with Crippen LogP contribution in [0.25, 0.3) is 0 Å². The molecule has 1 aliphatic rings. The lowest BCUT2D eigenvalue weighted by molar-refractivity contribution is 0.244. The van der Waals surface area contributed by atoms with Crippen molar-refractivity contribution in [3.8, 4) is 5.75 Å². The lowest BCUT2D eigenvalue weighted by Crippen LogP contribution is -2.16. The van der Waals surface area contributed by atoms with Gasteiger partial charge in [-0.3, -0.25) is 4.99 Å². The molecule has 1 aliphatic heterocycles. The molecule has 2 unspecified atom stereocenters. The van der Waals surface area contributed by atoms with Crippen LogP contribution in [0.2, 0.25) is 0 Å². The summed E-state index contributed by atoms with van der Waals surface area (Å²) in [5.74, 6) is 0.452. The Bertz CT molecular complexity index is 672. The minimum atomic E-state index is -0.737. The molecule has 0 saturated carbocycles. The third-order valence-corrected chi connectivity index (χ3v) is 4.68. The molecule has 1 heterocycles. The molecule has 5 heteroatoms. The standard InChI is InChI=1S/C16H14FNO2S/c1-20-12-5-2-10(3-6-12)16-14(19)9-18-13-7-4-11(17)8-15(13)21-16/h2-9,14,16,19H,1H3. The fourth-order valence-electron chi connectivity index (χ4n) is 2.19. The summed E-state index contributed by atoms with van der Waals surface area (Å²) in [6, 6.07) is 11.9. The predicted octanol–water partition coefficient (Wildman–Crippen LogP) is 3.74. The van der Waals surface area contributed by atoms with Crippen molar-refractivity contribution in [3.05, 3.63) is 53.8 Å². The summed E-state index contributed by atoms with van der Waals surface area (Å²) in [6.45, 7) is 0. The average molecular weight is 303 g/mol. The van der Waals surface area contributed by atoms with Gasteiger partial charge in [-0.2, -0.15) is 0 Å². The molecule has 2 aromatic carbocycles. The normalized spacial score (nSPS) is 20.7. The molecule has 2 atom stereocenters. The Morgan fingerprint density at radius 3 is 2.67 bits per heavy atom. The minimum Gasteiger partial charge on any atom is -0.497 e. The Morgan fingerprint density at radius 1 is 1.19 bits per heavy atom. The molecule has 0 amide bonds. The Labute approximate surface area is 126 Å². The Balaban J connectivity index is 1.96. The molecule has 1 N–H and O–H groups in total. The number of methoxy groups -OCH3 is 1. The van der Waals surface area contributed by atoms with Crippen LogP contribution in [0.15, 0.2) is 52.4 Å². The van der Waals surface area contributed by atoms with E-state index < -0.39 is 6.10 Å². The van der Waals surface area contributed by atoms with Crippen molar-refractivity contribution in [1.29, 1.82) is 0 Å². The number of ether oxygens (including phenoxy) is 1. The van der Waals surface area contributed by atoms with E-state index in [1.165, 1.54) is 30.1 Å². The molecule has 3 rings (SSSR count). The summed E-state index contributed by atoms with van der Waals surface area (Å²) >= 11 is 1.41. The van der Waals surface area contributed by atoms with Gasteiger partial charge in [0.15, 0.2) is 0 Å². The first kappa shape index (κ1) is 14.1. The second kappa shape index (κ2) is 5.87. The Morgan fingerprint density at radius 2 is 1.95 bits per heavy atom. The number of nitrogens with zero attached hydrogens (tertiary/aromatic N) is 1. The Kier molecular flexibility index (Phi) is 3.94.